The van der Waals surface area contributed by atoms with Gasteiger partial charge in [-0.25, -0.2) is 9.78 Å². The van der Waals surface area contributed by atoms with Gasteiger partial charge in [-0.3, -0.25) is 10.1 Å². The third kappa shape index (κ3) is 3.09. The van der Waals surface area contributed by atoms with Crippen molar-refractivity contribution in [2.75, 3.05) is 0 Å². The van der Waals surface area contributed by atoms with Gasteiger partial charge in [0.25, 0.3) is 5.69 Å². The van der Waals surface area contributed by atoms with Crippen LogP contribution in [0.4, 0.5) is 5.69 Å². The Hall–Kier alpha value is -3.06. The van der Waals surface area contributed by atoms with E-state index in [1.54, 1.807) is 36.4 Å². The molecule has 7 heteroatoms. The molecule has 0 bridgehead atoms. The van der Waals surface area contributed by atoms with Gasteiger partial charge in [-0.05, 0) is 23.8 Å². The van der Waals surface area contributed by atoms with Gasteiger partial charge in [0.05, 0.1) is 20.7 Å². The van der Waals surface area contributed by atoms with Crippen molar-refractivity contribution in [1.82, 2.24) is 4.98 Å². The number of carboxylic acids is 1. The second kappa shape index (κ2) is 5.98. The molecule has 2 aromatic carbocycles. The fourth-order valence-electron chi connectivity index (χ4n) is 2.11. The Morgan fingerprint density at radius 2 is 2.00 bits per heavy atom. The molecule has 0 atom stereocenters. The molecule has 0 saturated carbocycles. The fraction of sp³-hybridized carbons (Fsp3) is 0. The number of non-ortho nitro benzene ring substituents is 1. The highest BCUT2D eigenvalue weighted by Crippen LogP contribution is 2.27. The van der Waals surface area contributed by atoms with E-state index in [0.717, 1.165) is 0 Å². The van der Waals surface area contributed by atoms with Gasteiger partial charge in [0, 0.05) is 12.1 Å². The van der Waals surface area contributed by atoms with Crippen LogP contribution < -0.4 is 0 Å². The highest BCUT2D eigenvalue weighted by Gasteiger charge is 2.10. The molecule has 1 heterocycles. The van der Waals surface area contributed by atoms with E-state index in [1.165, 1.54) is 29.5 Å². The third-order valence-corrected chi connectivity index (χ3v) is 4.18. The van der Waals surface area contributed by atoms with Crippen molar-refractivity contribution in [1.29, 1.82) is 0 Å². The van der Waals surface area contributed by atoms with Gasteiger partial charge in [-0.15, -0.1) is 11.3 Å². The van der Waals surface area contributed by atoms with Crippen LogP contribution >= 0.6 is 11.3 Å². The zero-order valence-corrected chi connectivity index (χ0v) is 12.5. The van der Waals surface area contributed by atoms with Crippen molar-refractivity contribution >= 4 is 45.4 Å². The Labute approximate surface area is 134 Å². The molecular weight excluding hydrogens is 316 g/mol. The normalized spacial score (nSPS) is 11.1. The lowest BCUT2D eigenvalue weighted by Gasteiger charge is -1.98. The Morgan fingerprint density at radius 3 is 2.74 bits per heavy atom. The molecule has 0 aliphatic heterocycles. The highest BCUT2D eigenvalue weighted by atomic mass is 32.1. The number of fused-ring (bicyclic) bond motifs is 1. The van der Waals surface area contributed by atoms with Crippen LogP contribution in [-0.2, 0) is 0 Å². The Balaban J connectivity index is 1.95. The van der Waals surface area contributed by atoms with Gasteiger partial charge in [0.2, 0.25) is 0 Å². The first-order valence-corrected chi connectivity index (χ1v) is 7.41. The number of nitrogens with zero attached hydrogens (tertiary/aromatic N) is 2. The van der Waals surface area contributed by atoms with E-state index >= 15 is 0 Å². The van der Waals surface area contributed by atoms with E-state index in [4.69, 9.17) is 5.11 Å². The van der Waals surface area contributed by atoms with E-state index in [-0.39, 0.29) is 11.3 Å². The maximum absolute atomic E-state index is 11.2. The molecule has 23 heavy (non-hydrogen) atoms. The topological polar surface area (TPSA) is 93.3 Å². The number of nitro benzene ring substituents is 1. The van der Waals surface area contributed by atoms with Crippen LogP contribution in [0.25, 0.3) is 22.4 Å². The predicted molar refractivity (Wildman–Crippen MR) is 88.6 cm³/mol. The van der Waals surface area contributed by atoms with E-state index in [2.05, 4.69) is 4.98 Å². The van der Waals surface area contributed by atoms with Crippen molar-refractivity contribution < 1.29 is 14.8 Å². The second-order valence-corrected chi connectivity index (χ2v) is 5.75. The zero-order chi connectivity index (χ0) is 16.4. The van der Waals surface area contributed by atoms with Gasteiger partial charge < -0.3 is 5.11 Å². The summed E-state index contributed by atoms with van der Waals surface area (Å²) in [4.78, 5) is 25.9. The van der Waals surface area contributed by atoms with Crippen LogP contribution in [0.5, 0.6) is 0 Å². The van der Waals surface area contributed by atoms with Gasteiger partial charge in [-0.1, -0.05) is 24.3 Å². The molecule has 6 nitrogen and oxygen atoms in total. The number of hydrogen-bond acceptors (Lipinski definition) is 5. The van der Waals surface area contributed by atoms with Crippen molar-refractivity contribution in [3.8, 4) is 0 Å². The second-order valence-electron chi connectivity index (χ2n) is 4.69. The summed E-state index contributed by atoms with van der Waals surface area (Å²) in [6.07, 6.45) is 3.38. The number of nitro groups is 1. The lowest BCUT2D eigenvalue weighted by molar-refractivity contribution is -0.384. The maximum atomic E-state index is 11.2. The first kappa shape index (κ1) is 14.9. The van der Waals surface area contributed by atoms with Crippen LogP contribution in [0.1, 0.15) is 20.9 Å². The standard InChI is InChI=1S/C16H10N2O4S/c19-16(20)12-4-2-1-3-10(12)5-8-15-17-13-7-6-11(18(21)22)9-14(13)23-15/h1-9H,(H,19,20). The van der Waals surface area contributed by atoms with Crippen LogP contribution in [0, 0.1) is 10.1 Å². The van der Waals surface area contributed by atoms with Crippen molar-refractivity contribution in [2.45, 2.75) is 0 Å². The number of aromatic nitrogens is 1. The summed E-state index contributed by atoms with van der Waals surface area (Å²) in [6, 6.07) is 11.2. The summed E-state index contributed by atoms with van der Waals surface area (Å²) in [7, 11) is 0. The fourth-order valence-corrected chi connectivity index (χ4v) is 3.02. The minimum Gasteiger partial charge on any atom is -0.478 e. The molecule has 0 spiro atoms. The largest absolute Gasteiger partial charge is 0.478 e. The third-order valence-electron chi connectivity index (χ3n) is 3.20. The van der Waals surface area contributed by atoms with E-state index < -0.39 is 10.9 Å². The molecule has 3 aromatic rings. The molecule has 0 aliphatic carbocycles. The van der Waals surface area contributed by atoms with E-state index in [9.17, 15) is 14.9 Å². The quantitative estimate of drug-likeness (QED) is 0.576. The molecule has 1 aromatic heterocycles. The first-order valence-electron chi connectivity index (χ1n) is 6.60. The van der Waals surface area contributed by atoms with Gasteiger partial charge in [0.1, 0.15) is 5.01 Å². The first-order chi connectivity index (χ1) is 11.0. The monoisotopic (exact) mass is 326 g/mol. The van der Waals surface area contributed by atoms with Crippen molar-refractivity contribution in [3.05, 3.63) is 68.7 Å². The molecule has 0 fully saturated rings. The summed E-state index contributed by atoms with van der Waals surface area (Å²) in [5.74, 6) is -0.995. The summed E-state index contributed by atoms with van der Waals surface area (Å²) in [6.45, 7) is 0. The molecular formula is C16H10N2O4S. The van der Waals surface area contributed by atoms with Gasteiger partial charge in [-0.2, -0.15) is 0 Å². The minimum absolute atomic E-state index is 0.0212. The predicted octanol–water partition coefficient (Wildman–Crippen LogP) is 4.07. The number of carboxylic acid groups (broad SMARTS) is 1. The Morgan fingerprint density at radius 1 is 1.22 bits per heavy atom. The Kier molecular flexibility index (Phi) is 3.86. The van der Waals surface area contributed by atoms with Gasteiger partial charge >= 0.3 is 5.97 Å². The maximum Gasteiger partial charge on any atom is 0.336 e. The summed E-state index contributed by atoms with van der Waals surface area (Å²) >= 11 is 1.31. The molecule has 0 radical (unpaired) electrons. The molecule has 114 valence electrons. The van der Waals surface area contributed by atoms with Crippen molar-refractivity contribution in [3.63, 3.8) is 0 Å². The van der Waals surface area contributed by atoms with E-state index in [1.807, 2.05) is 0 Å². The number of aromatic carboxylic acids is 1. The molecule has 3 rings (SSSR count). The van der Waals surface area contributed by atoms with Crippen LogP contribution in [-0.4, -0.2) is 21.0 Å². The Bertz CT molecular complexity index is 946. The molecule has 0 saturated heterocycles. The molecule has 0 amide bonds. The van der Waals surface area contributed by atoms with E-state index in [0.29, 0.717) is 20.8 Å². The highest BCUT2D eigenvalue weighted by molar-refractivity contribution is 7.19. The average Bonchev–Trinajstić information content (AvgIpc) is 2.94. The SMILES string of the molecule is O=C(O)c1ccccc1C=Cc1nc2ccc([N+](=O)[O-])cc2s1. The van der Waals surface area contributed by atoms with Crippen LogP contribution in [0.2, 0.25) is 0 Å². The summed E-state index contributed by atoms with van der Waals surface area (Å²) in [5.41, 5.74) is 1.48. The average molecular weight is 326 g/mol. The number of thiazole rings is 1. The number of rotatable bonds is 4. The molecule has 0 unspecified atom stereocenters. The van der Waals surface area contributed by atoms with Crippen molar-refractivity contribution in [2.24, 2.45) is 0 Å². The number of carbonyl (C=O) groups is 1. The molecule has 1 N–H and O–H groups in total. The van der Waals surface area contributed by atoms with Crippen LogP contribution in [0.3, 0.4) is 0 Å². The zero-order valence-electron chi connectivity index (χ0n) is 11.7. The van der Waals surface area contributed by atoms with Gasteiger partial charge in [0.15, 0.2) is 0 Å². The van der Waals surface area contributed by atoms with Crippen LogP contribution in [0.15, 0.2) is 42.5 Å². The lowest BCUT2D eigenvalue weighted by atomic mass is 10.1. The number of hydrogen-bond donors (Lipinski definition) is 1. The minimum atomic E-state index is -0.995. The molecule has 0 aliphatic rings. The summed E-state index contributed by atoms with van der Waals surface area (Å²) in [5, 5.41) is 20.6. The number of benzene rings is 2. The summed E-state index contributed by atoms with van der Waals surface area (Å²) < 4.78 is 0.713. The smallest absolute Gasteiger partial charge is 0.336 e. The lowest BCUT2D eigenvalue weighted by Crippen LogP contribution is -1.98.